The second-order valence-corrected chi connectivity index (χ2v) is 7.42. The average Bonchev–Trinajstić information content (AvgIpc) is 3.31. The molecular weight excluding hydrogens is 304 g/mol. The summed E-state index contributed by atoms with van der Waals surface area (Å²) in [5, 5.41) is 7.55. The van der Waals surface area contributed by atoms with Crippen molar-refractivity contribution in [3.05, 3.63) is 17.5 Å². The van der Waals surface area contributed by atoms with Crippen LogP contribution >= 0.6 is 0 Å². The quantitative estimate of drug-likeness (QED) is 0.869. The molecule has 1 aliphatic carbocycles. The highest BCUT2D eigenvalue weighted by Gasteiger charge is 2.27. The van der Waals surface area contributed by atoms with Crippen molar-refractivity contribution >= 4 is 6.03 Å². The normalized spacial score (nSPS) is 20.2. The number of aromatic nitrogens is 2. The first-order valence-corrected chi connectivity index (χ1v) is 9.19. The summed E-state index contributed by atoms with van der Waals surface area (Å²) < 4.78 is 7.90. The number of carbonyl (C=O) groups is 1. The minimum Gasteiger partial charge on any atom is -0.378 e. The largest absolute Gasteiger partial charge is 0.378 e. The smallest absolute Gasteiger partial charge is 0.317 e. The zero-order valence-corrected chi connectivity index (χ0v) is 15.1. The molecule has 6 nitrogen and oxygen atoms in total. The molecular formula is C18H30N4O2. The van der Waals surface area contributed by atoms with Gasteiger partial charge in [0, 0.05) is 31.4 Å². The minimum absolute atomic E-state index is 0.0321. The second-order valence-electron chi connectivity index (χ2n) is 7.42. The number of amides is 2. The molecule has 3 rings (SSSR count). The van der Waals surface area contributed by atoms with Crippen LogP contribution in [0.1, 0.15) is 44.0 Å². The van der Waals surface area contributed by atoms with E-state index in [0.29, 0.717) is 12.6 Å². The van der Waals surface area contributed by atoms with Crippen LogP contribution in [0.4, 0.5) is 4.79 Å². The van der Waals surface area contributed by atoms with Crippen LogP contribution in [0.5, 0.6) is 0 Å². The Kier molecular flexibility index (Phi) is 5.43. The molecule has 2 aliphatic rings. The van der Waals surface area contributed by atoms with E-state index in [9.17, 15) is 4.79 Å². The lowest BCUT2D eigenvalue weighted by Gasteiger charge is -2.32. The number of piperidine rings is 1. The van der Waals surface area contributed by atoms with E-state index in [1.54, 1.807) is 0 Å². The summed E-state index contributed by atoms with van der Waals surface area (Å²) in [6, 6.07) is 2.14. The van der Waals surface area contributed by atoms with Crippen molar-refractivity contribution in [3.8, 4) is 0 Å². The Morgan fingerprint density at radius 3 is 2.62 bits per heavy atom. The van der Waals surface area contributed by atoms with Gasteiger partial charge in [0.05, 0.1) is 18.3 Å². The maximum absolute atomic E-state index is 12.4. The minimum atomic E-state index is 0.0321. The Hall–Kier alpha value is -1.56. The van der Waals surface area contributed by atoms with Gasteiger partial charge in [-0.2, -0.15) is 5.10 Å². The zero-order chi connectivity index (χ0) is 17.1. The van der Waals surface area contributed by atoms with Crippen molar-refractivity contribution in [2.45, 2.75) is 65.1 Å². The number of hydrogen-bond acceptors (Lipinski definition) is 3. The first-order valence-electron chi connectivity index (χ1n) is 9.19. The summed E-state index contributed by atoms with van der Waals surface area (Å²) in [5.74, 6) is 0.807. The maximum Gasteiger partial charge on any atom is 0.317 e. The standard InChI is InChI=1S/C18H30N4O2/c1-13-10-15(3)22(20-13)11-14(2)19-18(23)21-8-6-17(7-9-21)24-12-16-4-5-16/h10,14,16-17H,4-9,11-12H2,1-3H3,(H,19,23)/t14-/m0/s1. The van der Waals surface area contributed by atoms with Crippen molar-refractivity contribution in [1.82, 2.24) is 20.0 Å². The van der Waals surface area contributed by atoms with Gasteiger partial charge in [-0.1, -0.05) is 0 Å². The van der Waals surface area contributed by atoms with Crippen molar-refractivity contribution in [1.29, 1.82) is 0 Å². The molecule has 2 heterocycles. The molecule has 1 saturated heterocycles. The van der Waals surface area contributed by atoms with E-state index < -0.39 is 0 Å². The van der Waals surface area contributed by atoms with E-state index in [0.717, 1.165) is 49.8 Å². The Morgan fingerprint density at radius 2 is 2.04 bits per heavy atom. The van der Waals surface area contributed by atoms with Gasteiger partial charge in [0.1, 0.15) is 0 Å². The van der Waals surface area contributed by atoms with Crippen molar-refractivity contribution in [2.75, 3.05) is 19.7 Å². The molecule has 24 heavy (non-hydrogen) atoms. The predicted octanol–water partition coefficient (Wildman–Crippen LogP) is 2.49. The van der Waals surface area contributed by atoms with Crippen LogP contribution in [-0.2, 0) is 11.3 Å². The third kappa shape index (κ3) is 4.72. The summed E-state index contributed by atoms with van der Waals surface area (Å²) in [6.45, 7) is 9.24. The van der Waals surface area contributed by atoms with Gasteiger partial charge in [-0.3, -0.25) is 4.68 Å². The Labute approximate surface area is 144 Å². The number of urea groups is 1. The van der Waals surface area contributed by atoms with Crippen molar-refractivity contribution in [2.24, 2.45) is 5.92 Å². The molecule has 1 aromatic rings. The van der Waals surface area contributed by atoms with Gasteiger partial charge in [-0.05, 0) is 58.4 Å². The number of nitrogens with one attached hydrogen (secondary N) is 1. The second kappa shape index (κ2) is 7.55. The molecule has 0 aromatic carbocycles. The van der Waals surface area contributed by atoms with Gasteiger partial charge >= 0.3 is 6.03 Å². The summed E-state index contributed by atoms with van der Waals surface area (Å²) >= 11 is 0. The van der Waals surface area contributed by atoms with Gasteiger partial charge in [-0.15, -0.1) is 0 Å². The maximum atomic E-state index is 12.4. The molecule has 0 bridgehead atoms. The van der Waals surface area contributed by atoms with Crippen LogP contribution < -0.4 is 5.32 Å². The molecule has 6 heteroatoms. The number of rotatable bonds is 6. The predicted molar refractivity (Wildman–Crippen MR) is 93.0 cm³/mol. The molecule has 2 amide bonds. The molecule has 1 aromatic heterocycles. The fourth-order valence-corrected chi connectivity index (χ4v) is 3.25. The van der Waals surface area contributed by atoms with E-state index in [1.165, 1.54) is 12.8 Å². The third-order valence-corrected chi connectivity index (χ3v) is 4.91. The SMILES string of the molecule is Cc1cc(C)n(C[C@H](C)NC(=O)N2CCC(OCC3CC3)CC2)n1. The number of hydrogen-bond donors (Lipinski definition) is 1. The van der Waals surface area contributed by atoms with Crippen molar-refractivity contribution in [3.63, 3.8) is 0 Å². The first kappa shape index (κ1) is 17.3. The lowest BCUT2D eigenvalue weighted by molar-refractivity contribution is 0.00929. The van der Waals surface area contributed by atoms with Gasteiger partial charge < -0.3 is 15.0 Å². The van der Waals surface area contributed by atoms with Gasteiger partial charge in [0.2, 0.25) is 0 Å². The summed E-state index contributed by atoms with van der Waals surface area (Å²) in [6.07, 6.45) is 4.89. The monoisotopic (exact) mass is 334 g/mol. The molecule has 0 radical (unpaired) electrons. The Morgan fingerprint density at radius 1 is 1.33 bits per heavy atom. The lowest BCUT2D eigenvalue weighted by Crippen LogP contribution is -2.49. The third-order valence-electron chi connectivity index (χ3n) is 4.91. The molecule has 1 saturated carbocycles. The Bertz CT molecular complexity index is 559. The highest BCUT2D eigenvalue weighted by Crippen LogP contribution is 2.30. The highest BCUT2D eigenvalue weighted by atomic mass is 16.5. The fourth-order valence-electron chi connectivity index (χ4n) is 3.25. The molecule has 1 atom stereocenters. The van der Waals surface area contributed by atoms with Gasteiger partial charge in [0.15, 0.2) is 0 Å². The number of ether oxygens (including phenoxy) is 1. The van der Waals surface area contributed by atoms with E-state index in [2.05, 4.69) is 16.5 Å². The van der Waals surface area contributed by atoms with E-state index in [4.69, 9.17) is 4.74 Å². The topological polar surface area (TPSA) is 59.4 Å². The summed E-state index contributed by atoms with van der Waals surface area (Å²) in [5.41, 5.74) is 2.14. The fraction of sp³-hybridized carbons (Fsp3) is 0.778. The van der Waals surface area contributed by atoms with E-state index in [-0.39, 0.29) is 12.1 Å². The van der Waals surface area contributed by atoms with Gasteiger partial charge in [0.25, 0.3) is 0 Å². The number of aryl methyl sites for hydroxylation is 2. The first-order chi connectivity index (χ1) is 11.5. The summed E-state index contributed by atoms with van der Waals surface area (Å²) in [7, 11) is 0. The zero-order valence-electron chi connectivity index (χ0n) is 15.1. The number of likely N-dealkylation sites (tertiary alicyclic amines) is 1. The van der Waals surface area contributed by atoms with Crippen LogP contribution in [-0.4, -0.2) is 52.6 Å². The van der Waals surface area contributed by atoms with Gasteiger partial charge in [-0.25, -0.2) is 4.79 Å². The molecule has 1 aliphatic heterocycles. The van der Waals surface area contributed by atoms with Crippen LogP contribution in [0.15, 0.2) is 6.07 Å². The molecule has 1 N–H and O–H groups in total. The molecule has 0 spiro atoms. The average molecular weight is 334 g/mol. The Balaban J connectivity index is 1.39. The lowest BCUT2D eigenvalue weighted by atomic mass is 10.1. The van der Waals surface area contributed by atoms with Crippen LogP contribution in [0.3, 0.4) is 0 Å². The van der Waals surface area contributed by atoms with E-state index in [1.807, 2.05) is 30.4 Å². The van der Waals surface area contributed by atoms with Crippen LogP contribution in [0.2, 0.25) is 0 Å². The van der Waals surface area contributed by atoms with Crippen molar-refractivity contribution < 1.29 is 9.53 Å². The van der Waals surface area contributed by atoms with Crippen LogP contribution in [0.25, 0.3) is 0 Å². The summed E-state index contributed by atoms with van der Waals surface area (Å²) in [4.78, 5) is 14.3. The molecule has 134 valence electrons. The van der Waals surface area contributed by atoms with Crippen LogP contribution in [0, 0.1) is 19.8 Å². The van der Waals surface area contributed by atoms with E-state index >= 15 is 0 Å². The number of carbonyl (C=O) groups excluding carboxylic acids is 1. The highest BCUT2D eigenvalue weighted by molar-refractivity contribution is 5.74. The molecule has 0 unspecified atom stereocenters. The number of nitrogens with zero attached hydrogens (tertiary/aromatic N) is 3. The molecule has 2 fully saturated rings.